The minimum atomic E-state index is -1.83. The van der Waals surface area contributed by atoms with E-state index in [-0.39, 0.29) is 72.4 Å². The lowest BCUT2D eigenvalue weighted by atomic mass is 9.96. The van der Waals surface area contributed by atoms with Crippen LogP contribution < -0.4 is 39.7 Å². The van der Waals surface area contributed by atoms with Gasteiger partial charge in [0.15, 0.2) is 56.6 Å². The lowest BCUT2D eigenvalue weighted by Crippen LogP contribution is -2.65. The third-order valence-corrected chi connectivity index (χ3v) is 20.2. The summed E-state index contributed by atoms with van der Waals surface area (Å²) in [7, 11) is 0. The number of aliphatic hydroxyl groups is 31. The molecular formula is C68H135N7O50. The largest absolute Gasteiger partial charge is 0.394 e. The molecule has 0 spiro atoms. The lowest BCUT2D eigenvalue weighted by Gasteiger charge is -2.46. The van der Waals surface area contributed by atoms with E-state index in [1.54, 1.807) is 6.92 Å². The quantitative estimate of drug-likeness (QED) is 0.0290. The summed E-state index contributed by atoms with van der Waals surface area (Å²) >= 11 is 0. The van der Waals surface area contributed by atoms with Gasteiger partial charge in [-0.05, 0) is 6.92 Å². The molecule has 0 aromatic rings. The highest BCUT2D eigenvalue weighted by Crippen LogP contribution is 2.35. The smallest absolute Gasteiger partial charge is 0.217 e. The first-order valence-corrected chi connectivity index (χ1v) is 39.8. The number of amides is 1. The van der Waals surface area contributed by atoms with Crippen LogP contribution in [0.3, 0.4) is 0 Å². The van der Waals surface area contributed by atoms with E-state index in [0.717, 1.165) is 0 Å². The van der Waals surface area contributed by atoms with Crippen molar-refractivity contribution in [1.29, 1.82) is 0 Å². The first-order chi connectivity index (χ1) is 59.2. The zero-order chi connectivity index (χ0) is 94.1. The van der Waals surface area contributed by atoms with Crippen molar-refractivity contribution in [1.82, 2.24) is 5.32 Å². The highest BCUT2D eigenvalue weighted by molar-refractivity contribution is 5.73. The molecule has 1 amide bonds. The Labute approximate surface area is 714 Å². The van der Waals surface area contributed by atoms with Gasteiger partial charge in [0, 0.05) is 46.2 Å². The monoisotopic (exact) mass is 1850 g/mol. The van der Waals surface area contributed by atoms with Crippen LogP contribution in [0.25, 0.3) is 0 Å². The molecule has 9 aliphatic heterocycles. The molecule has 44 N–H and O–H groups in total. The Kier molecular flexibility index (Phi) is 52.9. The van der Waals surface area contributed by atoms with Crippen molar-refractivity contribution < 1.29 is 248 Å². The summed E-state index contributed by atoms with van der Waals surface area (Å²) in [5, 5.41) is 302. The van der Waals surface area contributed by atoms with Gasteiger partial charge in [-0.3, -0.25) is 4.79 Å². The van der Waals surface area contributed by atoms with E-state index in [1.807, 2.05) is 0 Å². The second-order valence-corrected chi connectivity index (χ2v) is 29.3. The maximum Gasteiger partial charge on any atom is 0.217 e. The van der Waals surface area contributed by atoms with Crippen LogP contribution in [-0.4, -0.2) is 572 Å². The van der Waals surface area contributed by atoms with E-state index >= 15 is 0 Å². The summed E-state index contributed by atoms with van der Waals surface area (Å²) in [4.78, 5) is 11.0. The van der Waals surface area contributed by atoms with Gasteiger partial charge < -0.3 is 283 Å². The summed E-state index contributed by atoms with van der Waals surface area (Å²) in [6.07, 6.45) is -60.4. The van der Waals surface area contributed by atoms with Crippen molar-refractivity contribution in [3.05, 3.63) is 0 Å². The Morgan fingerprint density at radius 3 is 0.800 bits per heavy atom. The number of nitrogens with two attached hydrogens (primary N) is 6. The zero-order valence-electron chi connectivity index (χ0n) is 68.2. The second-order valence-electron chi connectivity index (χ2n) is 29.3. The van der Waals surface area contributed by atoms with E-state index < -0.39 is 335 Å². The second kappa shape index (κ2) is 57.8. The molecule has 0 aliphatic carbocycles. The average molecular weight is 1850 g/mol. The zero-order valence-corrected chi connectivity index (χ0v) is 68.2. The summed E-state index contributed by atoms with van der Waals surface area (Å²) < 4.78 is 94.6. The third kappa shape index (κ3) is 32.0. The third-order valence-electron chi connectivity index (χ3n) is 20.2. The van der Waals surface area contributed by atoms with Gasteiger partial charge >= 0.3 is 0 Å². The van der Waals surface area contributed by atoms with Crippen molar-refractivity contribution in [3.8, 4) is 0 Å². The summed E-state index contributed by atoms with van der Waals surface area (Å²) in [5.41, 5.74) is 31.7. The molecular weight excluding hydrogens is 1710 g/mol. The topological polar surface area (TPSA) is 978 Å². The molecule has 0 saturated carbocycles. The number of carbonyl (C=O) groups is 1. The van der Waals surface area contributed by atoms with Gasteiger partial charge in [-0.25, -0.2) is 0 Å². The molecule has 9 fully saturated rings. The van der Waals surface area contributed by atoms with Gasteiger partial charge in [-0.1, -0.05) is 0 Å². The number of rotatable bonds is 33. The average Bonchev–Trinajstić information content (AvgIpc) is 0.768. The van der Waals surface area contributed by atoms with Gasteiger partial charge in [0.2, 0.25) is 5.91 Å². The number of hydrogen-bond donors (Lipinski definition) is 38. The van der Waals surface area contributed by atoms with E-state index in [1.165, 1.54) is 6.92 Å². The molecule has 45 atom stereocenters. The molecule has 9 heterocycles. The van der Waals surface area contributed by atoms with Crippen molar-refractivity contribution >= 4 is 5.91 Å². The number of aliphatic hydroxyl groups excluding tert-OH is 31. The molecule has 0 bridgehead atoms. The fourth-order valence-electron chi connectivity index (χ4n) is 13.0. The summed E-state index contributed by atoms with van der Waals surface area (Å²) in [6.45, 7) is 0.107. The predicted molar refractivity (Wildman–Crippen MR) is 401 cm³/mol. The minimum Gasteiger partial charge on any atom is -0.394 e. The van der Waals surface area contributed by atoms with E-state index in [4.69, 9.17) is 135 Å². The fraction of sp³-hybridized carbons (Fsp3) is 0.985. The molecule has 0 radical (unpaired) electrons. The minimum absolute atomic E-state index is 0.0141. The molecule has 57 heteroatoms. The molecule has 9 aliphatic rings. The molecule has 57 nitrogen and oxygen atoms in total. The molecule has 125 heavy (non-hydrogen) atoms. The Morgan fingerprint density at radius 2 is 0.480 bits per heavy atom. The van der Waals surface area contributed by atoms with Crippen LogP contribution in [0, 0.1) is 0 Å². The van der Waals surface area contributed by atoms with E-state index in [9.17, 15) is 148 Å². The van der Waals surface area contributed by atoms with Crippen LogP contribution in [0.15, 0.2) is 0 Å². The highest BCUT2D eigenvalue weighted by atomic mass is 16.8. The molecule has 0 unspecified atom stereocenters. The van der Waals surface area contributed by atoms with Crippen LogP contribution >= 0.6 is 0 Å². The van der Waals surface area contributed by atoms with Crippen LogP contribution in [0.1, 0.15) is 13.8 Å². The highest BCUT2D eigenvalue weighted by Gasteiger charge is 2.56. The van der Waals surface area contributed by atoms with E-state index in [2.05, 4.69) is 5.32 Å². The van der Waals surface area contributed by atoms with Crippen LogP contribution in [0.4, 0.5) is 0 Å². The number of ether oxygens (including phenoxy) is 18. The Balaban J connectivity index is 0.000000328. The maximum atomic E-state index is 11.0. The van der Waals surface area contributed by atoms with Crippen molar-refractivity contribution in [3.63, 3.8) is 0 Å². The first-order valence-electron chi connectivity index (χ1n) is 39.8. The molecule has 0 aromatic heterocycles. The van der Waals surface area contributed by atoms with Gasteiger partial charge in [-0.2, -0.15) is 0 Å². The SMILES string of the molecule is CC(=O)N[C@H]1[C@H](OCCN)O[C@H](CO)[C@@H](O)[C@@H]1O.C[C@@H]1O[C@H](OCCN)[C@@H](O)[C@H](O)[C@@H]1O.NCCO[C@H]1O[C@H](CO)[C@@H](O)[C@H](O)[C@@H]1O.NCCO[C@H]1O[C@H](CO)[C@@H](O)[C@H](O)[C@@H]1O[C@H]1O[C@H](CO)[C@@H](O)[C@H](O)[C@@H]1O.NCCO[C@H]1O[C@H](CO)[C@@H](O)[C@H](O)[C@H]1O.NCCO[C@H]1O[C@H](CO[C@H]2O[C@H](CO)[C@@H](O)[C@H](O)[C@@H]2O)[C@@H](O)[C@H](O[C@H]2O[C@H](CO)[C@@H](O)[C@H](O)[C@@H]2O)[C@@H]1O. The maximum absolute atomic E-state index is 11.0. The standard InChI is InChI=1S/C20H37NO16.C14H27NO11.C10H20N2O6.2C8H17NO6.C8H17NO5/c21-1-2-32-19-16(31)17(37-20-15(30)13(28)10(25)7(4-23)35-20)11(26)8(36-19)5-33-18-14(29)12(27)9(24)6(3-22)34-18;15-1-2-23-14-12(10(21)8(19)6(4-17)25-14)26-13-11(22)9(20)7(18)5(3-16)24-13;1-5(14)12-7-9(16)8(15)6(4-13)18-10(7)17-3-2-11;2*9-1-2-14-8-7(13)6(12)5(11)4(3-10)15-8;1-4-5(10)6(11)7(12)8(14-4)13-3-2-9/h6-20,22-31H,1-5,21H2;5-14,16-22H,1-4,15H2;6-10,13,15-16H,2-4,11H2,1H3,(H,12,14);2*4-8,10-13H,1-3,9H2;4-8,10-12H,2-3,9H2,1H3/t6-,7-,8-,9-,10-,11-,12+,13+,14+,15+,16+,17+,18+,19+,20-;5-,6-,7-,8-,9+,10+,11+,12+,13-,14+;6-,7-,8-,9-,10-;4-,5-,6+,7+,8+;4-,5-,6+,7-,8+;4-,5+,6+,7-,8-/m111110/s1. The van der Waals surface area contributed by atoms with Crippen LogP contribution in [0.2, 0.25) is 0 Å². The first kappa shape index (κ1) is 115. The van der Waals surface area contributed by atoms with Gasteiger partial charge in [-0.15, -0.1) is 0 Å². The lowest BCUT2D eigenvalue weighted by molar-refractivity contribution is -0.367. The summed E-state index contributed by atoms with van der Waals surface area (Å²) in [5.74, 6) is -0.390. The van der Waals surface area contributed by atoms with Crippen molar-refractivity contribution in [2.75, 3.05) is 132 Å². The number of hydrogen-bond acceptors (Lipinski definition) is 56. The molecule has 0 aromatic carbocycles. The van der Waals surface area contributed by atoms with Gasteiger partial charge in [0.05, 0.1) is 98.6 Å². The Bertz CT molecular complexity index is 2800. The van der Waals surface area contributed by atoms with Crippen molar-refractivity contribution in [2.45, 2.75) is 290 Å². The molecule has 742 valence electrons. The molecule has 9 rings (SSSR count). The Hall–Kier alpha value is -2.73. The fourth-order valence-corrected chi connectivity index (χ4v) is 13.0. The number of nitrogens with one attached hydrogen (secondary N) is 1. The van der Waals surface area contributed by atoms with Crippen molar-refractivity contribution in [2.24, 2.45) is 34.4 Å². The summed E-state index contributed by atoms with van der Waals surface area (Å²) in [6, 6.07) is -0.910. The van der Waals surface area contributed by atoms with Gasteiger partial charge in [0.25, 0.3) is 0 Å². The number of carbonyl (C=O) groups excluding carboxylic acids is 1. The molecule has 9 saturated heterocycles. The normalized spacial score (nSPS) is 44.6. The van der Waals surface area contributed by atoms with Gasteiger partial charge in [0.1, 0.15) is 214 Å². The van der Waals surface area contributed by atoms with Crippen LogP contribution in [0.5, 0.6) is 0 Å². The van der Waals surface area contributed by atoms with E-state index in [0.29, 0.717) is 6.54 Å². The predicted octanol–water partition coefficient (Wildman–Crippen LogP) is -24.8. The Morgan fingerprint density at radius 1 is 0.248 bits per heavy atom. The van der Waals surface area contributed by atoms with Crippen LogP contribution in [-0.2, 0) is 90.1 Å².